The quantitative estimate of drug-likeness (QED) is 0.703. The van der Waals surface area contributed by atoms with Crippen LogP contribution in [0.4, 0.5) is 6.01 Å². The molecule has 9 nitrogen and oxygen atoms in total. The Bertz CT molecular complexity index is 836. The molecular formula is C16H16N4O5. The predicted molar refractivity (Wildman–Crippen MR) is 85.4 cm³/mol. The summed E-state index contributed by atoms with van der Waals surface area (Å²) in [5.41, 5.74) is 0. The van der Waals surface area contributed by atoms with Gasteiger partial charge in [-0.05, 0) is 30.2 Å². The first-order valence-corrected chi connectivity index (χ1v) is 7.57. The van der Waals surface area contributed by atoms with Crippen molar-refractivity contribution in [1.82, 2.24) is 15.5 Å². The summed E-state index contributed by atoms with van der Waals surface area (Å²) in [6, 6.07) is 5.54. The number of hydrogen-bond acceptors (Lipinski definition) is 7. The molecule has 25 heavy (non-hydrogen) atoms. The van der Waals surface area contributed by atoms with E-state index in [1.165, 1.54) is 18.6 Å². The van der Waals surface area contributed by atoms with Crippen molar-refractivity contribution in [3.8, 4) is 11.7 Å². The Balaban J connectivity index is 1.68. The van der Waals surface area contributed by atoms with Crippen LogP contribution >= 0.6 is 0 Å². The van der Waals surface area contributed by atoms with E-state index >= 15 is 0 Å². The van der Waals surface area contributed by atoms with E-state index in [1.54, 1.807) is 32.0 Å². The lowest BCUT2D eigenvalue weighted by atomic mass is 10.0. The van der Waals surface area contributed by atoms with Crippen LogP contribution in [-0.2, 0) is 4.79 Å². The van der Waals surface area contributed by atoms with Crippen LogP contribution in [0.2, 0.25) is 0 Å². The van der Waals surface area contributed by atoms with Crippen molar-refractivity contribution < 1.29 is 22.8 Å². The standard InChI is InChI=1S/C16H16N4O5/c1-9(2)12(17-13(21)10-5-3-7-23-10)14(22)18-16-20-19-15(25-16)11-6-4-8-24-11/h3-9,12H,1-2H3,(H,17,21)(H,18,20,22)/t12-/m0/s1. The van der Waals surface area contributed by atoms with Gasteiger partial charge in [-0.25, -0.2) is 0 Å². The van der Waals surface area contributed by atoms with Gasteiger partial charge in [0, 0.05) is 0 Å². The summed E-state index contributed by atoms with van der Waals surface area (Å²) in [5, 5.41) is 12.6. The van der Waals surface area contributed by atoms with E-state index in [0.29, 0.717) is 5.76 Å². The summed E-state index contributed by atoms with van der Waals surface area (Å²) in [4.78, 5) is 24.5. The van der Waals surface area contributed by atoms with E-state index in [2.05, 4.69) is 20.8 Å². The molecule has 0 saturated carbocycles. The largest absolute Gasteiger partial charge is 0.459 e. The molecule has 0 bridgehead atoms. The number of nitrogens with one attached hydrogen (secondary N) is 2. The average molecular weight is 344 g/mol. The normalized spacial score (nSPS) is 12.1. The third-order valence-electron chi connectivity index (χ3n) is 3.37. The minimum absolute atomic E-state index is 0.0886. The topological polar surface area (TPSA) is 123 Å². The summed E-state index contributed by atoms with van der Waals surface area (Å²) in [5.74, 6) is -0.492. The molecule has 130 valence electrons. The highest BCUT2D eigenvalue weighted by molar-refractivity contribution is 5.99. The van der Waals surface area contributed by atoms with Gasteiger partial charge in [0.2, 0.25) is 0 Å². The highest BCUT2D eigenvalue weighted by Gasteiger charge is 2.27. The first-order valence-electron chi connectivity index (χ1n) is 7.57. The zero-order chi connectivity index (χ0) is 17.8. The molecular weight excluding hydrogens is 328 g/mol. The maximum absolute atomic E-state index is 12.4. The molecule has 2 N–H and O–H groups in total. The van der Waals surface area contributed by atoms with E-state index in [1.807, 2.05) is 0 Å². The zero-order valence-corrected chi connectivity index (χ0v) is 13.6. The molecule has 0 aliphatic heterocycles. The fraction of sp³-hybridized carbons (Fsp3) is 0.250. The highest BCUT2D eigenvalue weighted by atomic mass is 16.4. The number of carbonyl (C=O) groups excluding carboxylic acids is 2. The van der Waals surface area contributed by atoms with Crippen LogP contribution in [0, 0.1) is 5.92 Å². The molecule has 3 heterocycles. The molecule has 3 aromatic heterocycles. The van der Waals surface area contributed by atoms with Crippen LogP contribution in [-0.4, -0.2) is 28.1 Å². The van der Waals surface area contributed by atoms with Gasteiger partial charge in [0.15, 0.2) is 11.5 Å². The summed E-state index contributed by atoms with van der Waals surface area (Å²) < 4.78 is 15.5. The maximum atomic E-state index is 12.4. The minimum Gasteiger partial charge on any atom is -0.459 e. The Labute approximate surface area is 142 Å². The van der Waals surface area contributed by atoms with E-state index in [4.69, 9.17) is 13.3 Å². The second-order valence-electron chi connectivity index (χ2n) is 5.55. The lowest BCUT2D eigenvalue weighted by Gasteiger charge is -2.20. The lowest BCUT2D eigenvalue weighted by molar-refractivity contribution is -0.119. The fourth-order valence-electron chi connectivity index (χ4n) is 2.11. The first-order chi connectivity index (χ1) is 12.0. The number of nitrogens with zero attached hydrogens (tertiary/aromatic N) is 2. The summed E-state index contributed by atoms with van der Waals surface area (Å²) in [7, 11) is 0. The van der Waals surface area contributed by atoms with Gasteiger partial charge >= 0.3 is 6.01 Å². The van der Waals surface area contributed by atoms with Crippen molar-refractivity contribution in [3.63, 3.8) is 0 Å². The van der Waals surface area contributed by atoms with Gasteiger partial charge in [-0.3, -0.25) is 14.9 Å². The molecule has 3 rings (SSSR count). The van der Waals surface area contributed by atoms with Gasteiger partial charge < -0.3 is 18.6 Å². The summed E-state index contributed by atoms with van der Waals surface area (Å²) in [6.45, 7) is 3.60. The minimum atomic E-state index is -0.809. The van der Waals surface area contributed by atoms with Crippen LogP contribution < -0.4 is 10.6 Å². The van der Waals surface area contributed by atoms with Crippen LogP contribution in [0.1, 0.15) is 24.4 Å². The number of carbonyl (C=O) groups is 2. The van der Waals surface area contributed by atoms with Gasteiger partial charge in [-0.15, -0.1) is 5.10 Å². The number of rotatable bonds is 6. The van der Waals surface area contributed by atoms with E-state index in [0.717, 1.165) is 0 Å². The second kappa shape index (κ2) is 7.04. The van der Waals surface area contributed by atoms with Crippen LogP contribution in [0.15, 0.2) is 50.0 Å². The molecule has 0 fully saturated rings. The van der Waals surface area contributed by atoms with Gasteiger partial charge in [-0.1, -0.05) is 18.9 Å². The lowest BCUT2D eigenvalue weighted by Crippen LogP contribution is -2.47. The second-order valence-corrected chi connectivity index (χ2v) is 5.55. The number of aromatic nitrogens is 2. The summed E-state index contributed by atoms with van der Waals surface area (Å²) >= 11 is 0. The molecule has 2 amide bonds. The highest BCUT2D eigenvalue weighted by Crippen LogP contribution is 2.20. The molecule has 0 saturated heterocycles. The smallest absolute Gasteiger partial charge is 0.322 e. The van der Waals surface area contributed by atoms with E-state index in [9.17, 15) is 9.59 Å². The van der Waals surface area contributed by atoms with Crippen LogP contribution in [0.25, 0.3) is 11.7 Å². The van der Waals surface area contributed by atoms with Crippen molar-refractivity contribution in [3.05, 3.63) is 42.6 Å². The zero-order valence-electron chi connectivity index (χ0n) is 13.6. The van der Waals surface area contributed by atoms with Gasteiger partial charge in [0.25, 0.3) is 17.7 Å². The number of anilines is 1. The maximum Gasteiger partial charge on any atom is 0.322 e. The molecule has 0 aliphatic carbocycles. The Kier molecular flexibility index (Phi) is 4.64. The van der Waals surface area contributed by atoms with Crippen molar-refractivity contribution in [1.29, 1.82) is 0 Å². The van der Waals surface area contributed by atoms with Crippen molar-refractivity contribution >= 4 is 17.8 Å². The van der Waals surface area contributed by atoms with E-state index < -0.39 is 17.9 Å². The molecule has 3 aromatic rings. The molecule has 0 unspecified atom stereocenters. The van der Waals surface area contributed by atoms with Gasteiger partial charge in [0.05, 0.1) is 12.5 Å². The van der Waals surface area contributed by atoms with Gasteiger partial charge in [-0.2, -0.15) is 0 Å². The number of amides is 2. The molecule has 0 aromatic carbocycles. The van der Waals surface area contributed by atoms with Crippen molar-refractivity contribution in [2.45, 2.75) is 19.9 Å². The third-order valence-corrected chi connectivity index (χ3v) is 3.37. The molecule has 9 heteroatoms. The molecule has 0 aliphatic rings. The van der Waals surface area contributed by atoms with Crippen molar-refractivity contribution in [2.75, 3.05) is 5.32 Å². The Morgan fingerprint density at radius 2 is 1.84 bits per heavy atom. The SMILES string of the molecule is CC(C)[C@H](NC(=O)c1ccco1)C(=O)Nc1nnc(-c2ccco2)o1. The summed E-state index contributed by atoms with van der Waals surface area (Å²) in [6.07, 6.45) is 2.85. The third kappa shape index (κ3) is 3.77. The Hall–Kier alpha value is -3.36. The monoisotopic (exact) mass is 344 g/mol. The molecule has 1 atom stereocenters. The molecule has 0 radical (unpaired) electrons. The Morgan fingerprint density at radius 1 is 1.08 bits per heavy atom. The van der Waals surface area contributed by atoms with Gasteiger partial charge in [0.1, 0.15) is 6.04 Å². The number of hydrogen-bond donors (Lipinski definition) is 2. The fourth-order valence-corrected chi connectivity index (χ4v) is 2.11. The Morgan fingerprint density at radius 3 is 2.48 bits per heavy atom. The van der Waals surface area contributed by atoms with Crippen LogP contribution in [0.3, 0.4) is 0 Å². The average Bonchev–Trinajstić information content (AvgIpc) is 3.32. The number of furan rings is 2. The first kappa shape index (κ1) is 16.5. The predicted octanol–water partition coefficient (Wildman–Crippen LogP) is 2.32. The molecule has 0 spiro atoms. The van der Waals surface area contributed by atoms with Crippen molar-refractivity contribution in [2.24, 2.45) is 5.92 Å². The van der Waals surface area contributed by atoms with Crippen LogP contribution in [0.5, 0.6) is 0 Å². The van der Waals surface area contributed by atoms with E-state index in [-0.39, 0.29) is 23.6 Å².